The summed E-state index contributed by atoms with van der Waals surface area (Å²) in [5, 5.41) is 22.3. The number of hydrogen-bond acceptors (Lipinski definition) is 10. The molecular formula is C27H31N5O7. The number of benzene rings is 1. The van der Waals surface area contributed by atoms with Crippen LogP contribution in [0.25, 0.3) is 11.0 Å². The van der Waals surface area contributed by atoms with Crippen molar-refractivity contribution in [3.63, 3.8) is 0 Å². The van der Waals surface area contributed by atoms with Gasteiger partial charge in [-0.25, -0.2) is 9.78 Å². The molecule has 1 aromatic carbocycles. The van der Waals surface area contributed by atoms with E-state index in [1.165, 1.54) is 4.90 Å². The summed E-state index contributed by atoms with van der Waals surface area (Å²) in [4.78, 5) is 36.8. The van der Waals surface area contributed by atoms with Crippen molar-refractivity contribution in [3.8, 4) is 11.6 Å². The number of carbonyl (C=O) groups is 2. The topological polar surface area (TPSA) is 147 Å². The first-order valence-electron chi connectivity index (χ1n) is 12.8. The maximum atomic E-state index is 12.6. The Morgan fingerprint density at radius 1 is 1.23 bits per heavy atom. The van der Waals surface area contributed by atoms with E-state index in [0.717, 1.165) is 16.6 Å². The highest BCUT2D eigenvalue weighted by Crippen LogP contribution is 2.33. The van der Waals surface area contributed by atoms with Gasteiger partial charge in [-0.3, -0.25) is 14.7 Å². The molecule has 5 rings (SSSR count). The SMILES string of the molecule is COc1ccc2nccc(CCN(CC[C@H]3CN(c4ccc5c(c4)NC(=O)CO5)C(=O)O3)C[C@@H](O)CO)c2n1. The number of ether oxygens (including phenoxy) is 3. The normalized spacial score (nSPS) is 17.5. The summed E-state index contributed by atoms with van der Waals surface area (Å²) in [6, 6.07) is 10.7. The second kappa shape index (κ2) is 11.8. The molecule has 0 bridgehead atoms. The van der Waals surface area contributed by atoms with Crippen molar-refractivity contribution in [2.45, 2.75) is 25.0 Å². The molecule has 206 valence electrons. The Kier molecular flexibility index (Phi) is 8.05. The van der Waals surface area contributed by atoms with Crippen LogP contribution in [0.1, 0.15) is 12.0 Å². The van der Waals surface area contributed by atoms with Crippen LogP contribution in [0, 0.1) is 0 Å². The standard InChI is InChI=1S/C27H31N5O7/c1-37-25-5-3-21-26(30-25)17(6-9-28-21)7-10-31(13-19(34)15-33)11-8-20-14-32(27(36)39-20)18-2-4-23-22(12-18)29-24(35)16-38-23/h2-6,9,12,19-20,33-34H,7-8,10-11,13-16H2,1H3,(H,29,35)/t19-,20+/m1/s1. The first kappa shape index (κ1) is 26.6. The molecule has 2 atom stereocenters. The highest BCUT2D eigenvalue weighted by atomic mass is 16.6. The summed E-state index contributed by atoms with van der Waals surface area (Å²) in [5.41, 5.74) is 3.63. The Labute approximate surface area is 225 Å². The number of aromatic nitrogens is 2. The van der Waals surface area contributed by atoms with Crippen LogP contribution < -0.4 is 19.7 Å². The number of aliphatic hydroxyl groups excluding tert-OH is 2. The minimum atomic E-state index is -0.895. The van der Waals surface area contributed by atoms with Gasteiger partial charge in [0.05, 0.1) is 43.1 Å². The zero-order valence-corrected chi connectivity index (χ0v) is 21.6. The summed E-state index contributed by atoms with van der Waals surface area (Å²) in [6.45, 7) is 1.36. The highest BCUT2D eigenvalue weighted by Gasteiger charge is 2.33. The summed E-state index contributed by atoms with van der Waals surface area (Å²) in [5.74, 6) is 0.809. The van der Waals surface area contributed by atoms with Gasteiger partial charge in [0.2, 0.25) is 5.88 Å². The number of hydrogen-bond donors (Lipinski definition) is 3. The second-order valence-corrected chi connectivity index (χ2v) is 9.50. The van der Waals surface area contributed by atoms with Crippen LogP contribution in [0.5, 0.6) is 11.6 Å². The molecular weight excluding hydrogens is 506 g/mol. The lowest BCUT2D eigenvalue weighted by atomic mass is 10.1. The lowest BCUT2D eigenvalue weighted by Crippen LogP contribution is -2.38. The molecule has 2 aliphatic heterocycles. The van der Waals surface area contributed by atoms with E-state index in [1.807, 2.05) is 17.0 Å². The first-order chi connectivity index (χ1) is 18.9. The maximum Gasteiger partial charge on any atom is 0.414 e. The third-order valence-electron chi connectivity index (χ3n) is 6.78. The van der Waals surface area contributed by atoms with E-state index in [-0.39, 0.29) is 31.8 Å². The van der Waals surface area contributed by atoms with E-state index in [1.54, 1.807) is 37.6 Å². The Hall–Kier alpha value is -4.00. The van der Waals surface area contributed by atoms with Gasteiger partial charge in [-0.1, -0.05) is 0 Å². The smallest absolute Gasteiger partial charge is 0.414 e. The number of anilines is 2. The van der Waals surface area contributed by atoms with Gasteiger partial charge >= 0.3 is 6.09 Å². The van der Waals surface area contributed by atoms with E-state index < -0.39 is 12.2 Å². The third kappa shape index (κ3) is 6.19. The van der Waals surface area contributed by atoms with E-state index in [4.69, 9.17) is 14.2 Å². The van der Waals surface area contributed by atoms with Gasteiger partial charge in [-0.15, -0.1) is 0 Å². The Morgan fingerprint density at radius 2 is 2.10 bits per heavy atom. The predicted molar refractivity (Wildman–Crippen MR) is 142 cm³/mol. The molecule has 1 fully saturated rings. The number of rotatable bonds is 11. The van der Waals surface area contributed by atoms with Crippen LogP contribution in [-0.4, -0.2) is 95.8 Å². The quantitative estimate of drug-likeness (QED) is 0.329. The number of methoxy groups -OCH3 is 1. The molecule has 2 aromatic heterocycles. The zero-order chi connectivity index (χ0) is 27.4. The van der Waals surface area contributed by atoms with Crippen LogP contribution in [-0.2, 0) is 16.0 Å². The number of nitrogens with zero attached hydrogens (tertiary/aromatic N) is 4. The molecule has 0 spiro atoms. The Morgan fingerprint density at radius 3 is 2.92 bits per heavy atom. The monoisotopic (exact) mass is 537 g/mol. The van der Waals surface area contributed by atoms with Gasteiger partial charge in [0.25, 0.3) is 5.91 Å². The molecule has 0 unspecified atom stereocenters. The van der Waals surface area contributed by atoms with Gasteiger partial charge in [0, 0.05) is 37.6 Å². The Bertz CT molecular complexity index is 1350. The van der Waals surface area contributed by atoms with Crippen LogP contribution >= 0.6 is 0 Å². The number of cyclic esters (lactones) is 1. The van der Waals surface area contributed by atoms with Gasteiger partial charge in [-0.2, -0.15) is 0 Å². The molecule has 2 aliphatic rings. The van der Waals surface area contributed by atoms with Crippen molar-refractivity contribution in [1.82, 2.24) is 14.9 Å². The first-order valence-corrected chi connectivity index (χ1v) is 12.8. The highest BCUT2D eigenvalue weighted by molar-refractivity contribution is 5.97. The van der Waals surface area contributed by atoms with Crippen molar-refractivity contribution in [1.29, 1.82) is 0 Å². The fourth-order valence-electron chi connectivity index (χ4n) is 4.75. The molecule has 0 saturated carbocycles. The minimum absolute atomic E-state index is 0.0380. The van der Waals surface area contributed by atoms with Crippen molar-refractivity contribution >= 4 is 34.4 Å². The third-order valence-corrected chi connectivity index (χ3v) is 6.78. The van der Waals surface area contributed by atoms with E-state index in [0.29, 0.717) is 55.5 Å². The van der Waals surface area contributed by atoms with Crippen molar-refractivity contribution in [2.75, 3.05) is 56.7 Å². The minimum Gasteiger partial charge on any atom is -0.482 e. The molecule has 12 nitrogen and oxygen atoms in total. The number of nitrogens with one attached hydrogen (secondary N) is 1. The van der Waals surface area contributed by atoms with Crippen LogP contribution in [0.2, 0.25) is 0 Å². The molecule has 3 N–H and O–H groups in total. The molecule has 39 heavy (non-hydrogen) atoms. The molecule has 4 heterocycles. The number of amides is 2. The molecule has 2 amide bonds. The van der Waals surface area contributed by atoms with Crippen molar-refractivity contribution in [3.05, 3.63) is 48.2 Å². The van der Waals surface area contributed by atoms with Crippen molar-refractivity contribution in [2.24, 2.45) is 0 Å². The van der Waals surface area contributed by atoms with Gasteiger partial charge in [0.1, 0.15) is 11.9 Å². The van der Waals surface area contributed by atoms with Crippen LogP contribution in [0.4, 0.5) is 16.2 Å². The summed E-state index contributed by atoms with van der Waals surface area (Å²) in [7, 11) is 1.57. The molecule has 3 aromatic rings. The fraction of sp³-hybridized carbons (Fsp3) is 0.407. The number of aliphatic hydroxyl groups is 2. The predicted octanol–water partition coefficient (Wildman–Crippen LogP) is 1.58. The van der Waals surface area contributed by atoms with Gasteiger partial charge < -0.3 is 34.6 Å². The average molecular weight is 538 g/mol. The molecule has 0 radical (unpaired) electrons. The van der Waals surface area contributed by atoms with Gasteiger partial charge in [0.15, 0.2) is 6.61 Å². The Balaban J connectivity index is 1.22. The van der Waals surface area contributed by atoms with E-state index in [9.17, 15) is 19.8 Å². The lowest BCUT2D eigenvalue weighted by Gasteiger charge is -2.25. The molecule has 1 saturated heterocycles. The maximum absolute atomic E-state index is 12.6. The summed E-state index contributed by atoms with van der Waals surface area (Å²) in [6.07, 6.45) is 1.19. The summed E-state index contributed by atoms with van der Waals surface area (Å²) >= 11 is 0. The lowest BCUT2D eigenvalue weighted by molar-refractivity contribution is -0.118. The van der Waals surface area contributed by atoms with Crippen LogP contribution in [0.15, 0.2) is 42.6 Å². The zero-order valence-electron chi connectivity index (χ0n) is 21.6. The largest absolute Gasteiger partial charge is 0.482 e. The summed E-state index contributed by atoms with van der Waals surface area (Å²) < 4.78 is 16.3. The van der Waals surface area contributed by atoms with Gasteiger partial charge in [-0.05, 0) is 48.7 Å². The van der Waals surface area contributed by atoms with E-state index in [2.05, 4.69) is 15.3 Å². The number of pyridine rings is 2. The van der Waals surface area contributed by atoms with Crippen molar-refractivity contribution < 1.29 is 34.0 Å². The fourth-order valence-corrected chi connectivity index (χ4v) is 4.75. The molecule has 0 aliphatic carbocycles. The molecule has 12 heteroatoms. The number of fused-ring (bicyclic) bond motifs is 2. The van der Waals surface area contributed by atoms with Crippen LogP contribution in [0.3, 0.4) is 0 Å². The average Bonchev–Trinajstić information content (AvgIpc) is 3.33. The van der Waals surface area contributed by atoms with E-state index >= 15 is 0 Å². The second-order valence-electron chi connectivity index (χ2n) is 9.50. The number of carbonyl (C=O) groups excluding carboxylic acids is 2.